The van der Waals surface area contributed by atoms with Crippen LogP contribution in [0.15, 0.2) is 0 Å². The third-order valence-electron chi connectivity index (χ3n) is 3.52. The van der Waals surface area contributed by atoms with E-state index in [0.717, 1.165) is 13.0 Å². The summed E-state index contributed by atoms with van der Waals surface area (Å²) in [6.45, 7) is 5.50. The van der Waals surface area contributed by atoms with Crippen molar-refractivity contribution < 1.29 is 0 Å². The van der Waals surface area contributed by atoms with Gasteiger partial charge in [-0.2, -0.15) is 17.0 Å². The normalized spacial score (nSPS) is 27.1. The van der Waals surface area contributed by atoms with Gasteiger partial charge in [0.05, 0.1) is 12.0 Å². The Balaban J connectivity index is 2.46. The molecule has 1 aliphatic carbocycles. The molecule has 1 fully saturated rings. The first-order valence-electron chi connectivity index (χ1n) is 6.27. The molecule has 1 N–H and O–H groups in total. The maximum atomic E-state index is 9.18. The zero-order chi connectivity index (χ0) is 12.0. The Labute approximate surface area is 104 Å². The van der Waals surface area contributed by atoms with E-state index in [9.17, 15) is 5.26 Å². The highest BCUT2D eigenvalue weighted by atomic mass is 32.2. The third-order valence-corrected chi connectivity index (χ3v) is 4.77. The minimum absolute atomic E-state index is 0.222. The van der Waals surface area contributed by atoms with Gasteiger partial charge in [0.25, 0.3) is 0 Å². The molecule has 0 aromatic heterocycles. The maximum Gasteiger partial charge on any atom is 0.0672 e. The van der Waals surface area contributed by atoms with E-state index >= 15 is 0 Å². The Morgan fingerprint density at radius 1 is 1.31 bits per heavy atom. The molecular formula is C13H24N2S. The highest BCUT2D eigenvalue weighted by Crippen LogP contribution is 2.25. The summed E-state index contributed by atoms with van der Waals surface area (Å²) in [6, 6.07) is 2.89. The molecule has 1 saturated carbocycles. The average Bonchev–Trinajstić information content (AvgIpc) is 2.51. The van der Waals surface area contributed by atoms with E-state index in [2.05, 4.69) is 31.5 Å². The van der Waals surface area contributed by atoms with E-state index in [0.29, 0.717) is 6.04 Å². The molecule has 0 aromatic carbocycles. The van der Waals surface area contributed by atoms with Crippen molar-refractivity contribution in [2.75, 3.05) is 12.8 Å². The van der Waals surface area contributed by atoms with Crippen molar-refractivity contribution in [1.29, 1.82) is 5.26 Å². The second-order valence-electron chi connectivity index (χ2n) is 5.32. The average molecular weight is 240 g/mol. The fraction of sp³-hybridized carbons (Fsp3) is 0.923. The summed E-state index contributed by atoms with van der Waals surface area (Å²) in [4.78, 5) is 0. The number of hydrogen-bond acceptors (Lipinski definition) is 3. The van der Waals surface area contributed by atoms with E-state index in [1.807, 2.05) is 11.8 Å². The molecule has 16 heavy (non-hydrogen) atoms. The van der Waals surface area contributed by atoms with Crippen molar-refractivity contribution in [2.45, 2.75) is 56.7 Å². The van der Waals surface area contributed by atoms with Crippen LogP contribution in [-0.2, 0) is 0 Å². The predicted octanol–water partition coefficient (Wildman–Crippen LogP) is 3.19. The van der Waals surface area contributed by atoms with Crippen LogP contribution in [0.1, 0.15) is 46.0 Å². The van der Waals surface area contributed by atoms with Gasteiger partial charge in [-0.25, -0.2) is 0 Å². The largest absolute Gasteiger partial charge is 0.311 e. The second-order valence-corrected chi connectivity index (χ2v) is 6.84. The molecule has 0 saturated heterocycles. The van der Waals surface area contributed by atoms with Gasteiger partial charge in [-0.15, -0.1) is 0 Å². The van der Waals surface area contributed by atoms with Crippen LogP contribution in [-0.4, -0.2) is 23.6 Å². The molecule has 0 amide bonds. The molecule has 0 spiro atoms. The van der Waals surface area contributed by atoms with Gasteiger partial charge in [0, 0.05) is 17.3 Å². The maximum absolute atomic E-state index is 9.18. The van der Waals surface area contributed by atoms with E-state index in [1.54, 1.807) is 0 Å². The minimum atomic E-state index is 0.222. The number of hydrogen-bond donors (Lipinski definition) is 1. The molecule has 2 atom stereocenters. The molecule has 0 aromatic rings. The van der Waals surface area contributed by atoms with Crippen LogP contribution in [0.3, 0.4) is 0 Å². The summed E-state index contributed by atoms with van der Waals surface area (Å²) in [7, 11) is 0. The zero-order valence-electron chi connectivity index (χ0n) is 10.8. The quantitative estimate of drug-likeness (QED) is 0.767. The summed E-state index contributed by atoms with van der Waals surface area (Å²) < 4.78 is 0.270. The summed E-state index contributed by atoms with van der Waals surface area (Å²) in [6.07, 6.45) is 8.19. The lowest BCUT2D eigenvalue weighted by molar-refractivity contribution is 0.383. The molecule has 1 aliphatic rings. The number of nitrogens with one attached hydrogen (secondary N) is 1. The monoisotopic (exact) mass is 240 g/mol. The van der Waals surface area contributed by atoms with Gasteiger partial charge >= 0.3 is 0 Å². The number of rotatable bonds is 4. The van der Waals surface area contributed by atoms with E-state index in [1.165, 1.54) is 25.7 Å². The smallest absolute Gasteiger partial charge is 0.0672 e. The molecule has 2 unspecified atom stereocenters. The first-order chi connectivity index (χ1) is 7.59. The van der Waals surface area contributed by atoms with Crippen molar-refractivity contribution >= 4 is 11.8 Å². The van der Waals surface area contributed by atoms with Crippen LogP contribution in [0.4, 0.5) is 0 Å². The Morgan fingerprint density at radius 2 is 2.00 bits per heavy atom. The van der Waals surface area contributed by atoms with Crippen LogP contribution >= 0.6 is 11.8 Å². The van der Waals surface area contributed by atoms with E-state index < -0.39 is 0 Å². The Bertz CT molecular complexity index is 245. The molecular weight excluding hydrogens is 216 g/mol. The first-order valence-corrected chi connectivity index (χ1v) is 7.50. The fourth-order valence-corrected chi connectivity index (χ4v) is 2.38. The lowest BCUT2D eigenvalue weighted by atomic mass is 9.96. The van der Waals surface area contributed by atoms with Crippen LogP contribution in [0.5, 0.6) is 0 Å². The molecule has 0 radical (unpaired) electrons. The number of nitrogens with zero attached hydrogens (tertiary/aromatic N) is 1. The number of thioether (sulfide) groups is 1. The van der Waals surface area contributed by atoms with Gasteiger partial charge in [0.15, 0.2) is 0 Å². The number of nitriles is 1. The Morgan fingerprint density at radius 3 is 2.62 bits per heavy atom. The van der Waals surface area contributed by atoms with Crippen LogP contribution in [0.25, 0.3) is 0 Å². The van der Waals surface area contributed by atoms with E-state index in [-0.39, 0.29) is 10.7 Å². The lowest BCUT2D eigenvalue weighted by Gasteiger charge is -2.28. The van der Waals surface area contributed by atoms with Gasteiger partial charge < -0.3 is 5.32 Å². The summed E-state index contributed by atoms with van der Waals surface area (Å²) in [5.41, 5.74) is 0. The molecule has 3 heteroatoms. The predicted molar refractivity (Wildman–Crippen MR) is 71.6 cm³/mol. The van der Waals surface area contributed by atoms with Crippen LogP contribution in [0.2, 0.25) is 0 Å². The van der Waals surface area contributed by atoms with Gasteiger partial charge in [0.1, 0.15) is 0 Å². The standard InChI is InChI=1S/C13H24N2S/c1-13(2,16-3)10-15-12-8-6-4-5-7-11(12)9-14/h11-12,15H,4-8,10H2,1-3H3. The molecule has 0 bridgehead atoms. The van der Waals surface area contributed by atoms with Crippen molar-refractivity contribution in [1.82, 2.24) is 5.32 Å². The SMILES string of the molecule is CSC(C)(C)CNC1CCCCCC1C#N. The van der Waals surface area contributed by atoms with Crippen molar-refractivity contribution in [3.8, 4) is 6.07 Å². The lowest BCUT2D eigenvalue weighted by Crippen LogP contribution is -2.42. The minimum Gasteiger partial charge on any atom is -0.311 e. The van der Waals surface area contributed by atoms with Crippen molar-refractivity contribution in [2.24, 2.45) is 5.92 Å². The molecule has 92 valence electrons. The molecule has 0 aliphatic heterocycles. The molecule has 0 heterocycles. The first kappa shape index (κ1) is 13.9. The third kappa shape index (κ3) is 4.35. The van der Waals surface area contributed by atoms with Gasteiger partial charge in [-0.3, -0.25) is 0 Å². The topological polar surface area (TPSA) is 35.8 Å². The van der Waals surface area contributed by atoms with Crippen molar-refractivity contribution in [3.63, 3.8) is 0 Å². The van der Waals surface area contributed by atoms with E-state index in [4.69, 9.17) is 0 Å². The summed E-state index contributed by atoms with van der Waals surface area (Å²) >= 11 is 1.88. The van der Waals surface area contributed by atoms with Crippen LogP contribution < -0.4 is 5.32 Å². The molecule has 1 rings (SSSR count). The van der Waals surface area contributed by atoms with Gasteiger partial charge in [0.2, 0.25) is 0 Å². The Kier molecular flexibility index (Phi) is 5.64. The highest BCUT2D eigenvalue weighted by molar-refractivity contribution is 7.99. The second kappa shape index (κ2) is 6.51. The summed E-state index contributed by atoms with van der Waals surface area (Å²) in [5.74, 6) is 0.222. The van der Waals surface area contributed by atoms with Gasteiger partial charge in [-0.05, 0) is 32.9 Å². The Hall–Kier alpha value is -0.200. The van der Waals surface area contributed by atoms with Gasteiger partial charge in [-0.1, -0.05) is 19.3 Å². The highest BCUT2D eigenvalue weighted by Gasteiger charge is 2.25. The fourth-order valence-electron chi connectivity index (χ4n) is 2.16. The summed E-state index contributed by atoms with van der Waals surface area (Å²) in [5, 5.41) is 12.8. The van der Waals surface area contributed by atoms with Crippen molar-refractivity contribution in [3.05, 3.63) is 0 Å². The zero-order valence-corrected chi connectivity index (χ0v) is 11.6. The van der Waals surface area contributed by atoms with Crippen LogP contribution in [0, 0.1) is 17.2 Å². The molecule has 2 nitrogen and oxygen atoms in total.